The Balaban J connectivity index is 2.56. The molecular formula is C13H19NO2. The van der Waals surface area contributed by atoms with Crippen molar-refractivity contribution in [3.05, 3.63) is 29.3 Å². The zero-order valence-electron chi connectivity index (χ0n) is 10.1. The number of nitrogens with two attached hydrogens (primary N) is 1. The van der Waals surface area contributed by atoms with Gasteiger partial charge in [0, 0.05) is 5.69 Å². The maximum atomic E-state index is 11.6. The van der Waals surface area contributed by atoms with Gasteiger partial charge in [-0.1, -0.05) is 13.8 Å². The van der Waals surface area contributed by atoms with Gasteiger partial charge in [0.25, 0.3) is 0 Å². The van der Waals surface area contributed by atoms with E-state index in [0.29, 0.717) is 23.8 Å². The molecule has 0 radical (unpaired) electrons. The van der Waals surface area contributed by atoms with Crippen LogP contribution in [-0.4, -0.2) is 12.6 Å². The van der Waals surface area contributed by atoms with Gasteiger partial charge in [-0.15, -0.1) is 0 Å². The molecule has 1 rings (SSSR count). The van der Waals surface area contributed by atoms with E-state index < -0.39 is 0 Å². The number of benzene rings is 1. The van der Waals surface area contributed by atoms with E-state index in [4.69, 9.17) is 10.5 Å². The number of rotatable bonds is 4. The molecule has 0 aliphatic carbocycles. The first-order chi connectivity index (χ1) is 7.50. The van der Waals surface area contributed by atoms with Gasteiger partial charge >= 0.3 is 5.97 Å². The normalized spacial score (nSPS) is 10.5. The summed E-state index contributed by atoms with van der Waals surface area (Å²) in [4.78, 5) is 11.6. The van der Waals surface area contributed by atoms with E-state index in [-0.39, 0.29) is 5.97 Å². The minimum absolute atomic E-state index is 0.274. The van der Waals surface area contributed by atoms with Crippen molar-refractivity contribution in [1.29, 1.82) is 0 Å². The number of nitrogen functional groups attached to an aromatic ring is 1. The number of carbonyl (C=O) groups is 1. The van der Waals surface area contributed by atoms with Gasteiger partial charge in [-0.3, -0.25) is 0 Å². The molecule has 0 saturated carbocycles. The Morgan fingerprint density at radius 3 is 2.69 bits per heavy atom. The van der Waals surface area contributed by atoms with Crippen LogP contribution in [0.1, 0.15) is 36.2 Å². The summed E-state index contributed by atoms with van der Waals surface area (Å²) in [5.41, 5.74) is 7.84. The second-order valence-corrected chi connectivity index (χ2v) is 4.39. The zero-order valence-corrected chi connectivity index (χ0v) is 10.1. The second kappa shape index (κ2) is 5.54. The molecule has 0 aliphatic heterocycles. The third-order valence-corrected chi connectivity index (χ3v) is 2.43. The number of ether oxygens (including phenoxy) is 1. The summed E-state index contributed by atoms with van der Waals surface area (Å²) in [5.74, 6) is 0.268. The maximum absolute atomic E-state index is 11.6. The molecule has 0 fully saturated rings. The molecule has 3 heteroatoms. The van der Waals surface area contributed by atoms with Gasteiger partial charge in [-0.2, -0.15) is 0 Å². The molecule has 0 amide bonds. The highest BCUT2D eigenvalue weighted by Crippen LogP contribution is 2.13. The Labute approximate surface area is 96.6 Å². The first kappa shape index (κ1) is 12.6. The van der Waals surface area contributed by atoms with Crippen LogP contribution < -0.4 is 5.73 Å². The first-order valence-corrected chi connectivity index (χ1v) is 5.54. The molecule has 3 nitrogen and oxygen atoms in total. The van der Waals surface area contributed by atoms with E-state index in [0.717, 1.165) is 12.0 Å². The molecule has 0 aliphatic rings. The highest BCUT2D eigenvalue weighted by Gasteiger charge is 2.08. The van der Waals surface area contributed by atoms with Gasteiger partial charge in [0.15, 0.2) is 0 Å². The van der Waals surface area contributed by atoms with Crippen LogP contribution in [0.15, 0.2) is 18.2 Å². The Kier molecular flexibility index (Phi) is 4.35. The summed E-state index contributed by atoms with van der Waals surface area (Å²) in [6, 6.07) is 5.18. The predicted molar refractivity (Wildman–Crippen MR) is 65.3 cm³/mol. The van der Waals surface area contributed by atoms with Gasteiger partial charge in [0.05, 0.1) is 12.2 Å². The Hall–Kier alpha value is -1.51. The van der Waals surface area contributed by atoms with Gasteiger partial charge in [-0.05, 0) is 43.0 Å². The maximum Gasteiger partial charge on any atom is 0.338 e. The van der Waals surface area contributed by atoms with Crippen molar-refractivity contribution in [1.82, 2.24) is 0 Å². The Morgan fingerprint density at radius 2 is 2.12 bits per heavy atom. The quantitative estimate of drug-likeness (QED) is 0.628. The molecule has 1 aromatic rings. The first-order valence-electron chi connectivity index (χ1n) is 5.54. The molecule has 0 heterocycles. The van der Waals surface area contributed by atoms with E-state index in [1.165, 1.54) is 0 Å². The third-order valence-electron chi connectivity index (χ3n) is 2.43. The number of anilines is 1. The summed E-state index contributed by atoms with van der Waals surface area (Å²) in [6.45, 7) is 6.54. The molecule has 88 valence electrons. The van der Waals surface area contributed by atoms with E-state index in [1.54, 1.807) is 18.2 Å². The molecule has 2 N–H and O–H groups in total. The summed E-state index contributed by atoms with van der Waals surface area (Å²) < 4.78 is 5.15. The number of hydrogen-bond acceptors (Lipinski definition) is 3. The Bertz CT molecular complexity index is 372. The molecule has 0 spiro atoms. The number of esters is 1. The lowest BCUT2D eigenvalue weighted by Crippen LogP contribution is -2.08. The van der Waals surface area contributed by atoms with Crippen LogP contribution in [0.3, 0.4) is 0 Å². The topological polar surface area (TPSA) is 52.3 Å². The van der Waals surface area contributed by atoms with E-state index >= 15 is 0 Å². The van der Waals surface area contributed by atoms with Gasteiger partial charge in [0.2, 0.25) is 0 Å². The number of hydrogen-bond donors (Lipinski definition) is 1. The molecule has 0 bridgehead atoms. The van der Waals surface area contributed by atoms with Crippen LogP contribution in [-0.2, 0) is 4.74 Å². The van der Waals surface area contributed by atoms with Gasteiger partial charge in [-0.25, -0.2) is 4.79 Å². The fourth-order valence-electron chi connectivity index (χ4n) is 1.27. The van der Waals surface area contributed by atoms with Crippen LogP contribution in [0, 0.1) is 12.8 Å². The molecular weight excluding hydrogens is 202 g/mol. The highest BCUT2D eigenvalue weighted by molar-refractivity contribution is 5.90. The van der Waals surface area contributed by atoms with Gasteiger partial charge < -0.3 is 10.5 Å². The molecule has 16 heavy (non-hydrogen) atoms. The summed E-state index contributed by atoms with van der Waals surface area (Å²) in [6.07, 6.45) is 0.889. The summed E-state index contributed by atoms with van der Waals surface area (Å²) >= 11 is 0. The lowest BCUT2D eigenvalue weighted by molar-refractivity contribution is 0.0488. The molecule has 1 aromatic carbocycles. The fraction of sp³-hybridized carbons (Fsp3) is 0.462. The zero-order chi connectivity index (χ0) is 12.1. The molecule has 0 aromatic heterocycles. The average Bonchev–Trinajstić information content (AvgIpc) is 2.21. The van der Waals surface area contributed by atoms with Crippen molar-refractivity contribution in [3.8, 4) is 0 Å². The lowest BCUT2D eigenvalue weighted by Gasteiger charge is -2.07. The largest absolute Gasteiger partial charge is 0.462 e. The van der Waals surface area contributed by atoms with E-state index in [9.17, 15) is 4.79 Å². The number of carbonyl (C=O) groups excluding carboxylic acids is 1. The average molecular weight is 221 g/mol. The van der Waals surface area contributed by atoms with Crippen LogP contribution >= 0.6 is 0 Å². The highest BCUT2D eigenvalue weighted by atomic mass is 16.5. The molecule has 0 unspecified atom stereocenters. The summed E-state index contributed by atoms with van der Waals surface area (Å²) in [7, 11) is 0. The predicted octanol–water partition coefficient (Wildman–Crippen LogP) is 2.78. The molecule has 0 atom stereocenters. The SMILES string of the molecule is Cc1cc(C(=O)OCCC(C)C)ccc1N. The monoisotopic (exact) mass is 221 g/mol. The number of aryl methyl sites for hydroxylation is 1. The minimum atomic E-state index is -0.274. The standard InChI is InChI=1S/C13H19NO2/c1-9(2)6-7-16-13(15)11-4-5-12(14)10(3)8-11/h4-5,8-9H,6-7,14H2,1-3H3. The van der Waals surface area contributed by atoms with Crippen LogP contribution in [0.25, 0.3) is 0 Å². The van der Waals surface area contributed by atoms with Gasteiger partial charge in [0.1, 0.15) is 0 Å². The Morgan fingerprint density at radius 1 is 1.44 bits per heavy atom. The van der Waals surface area contributed by atoms with Crippen LogP contribution in [0.2, 0.25) is 0 Å². The van der Waals surface area contributed by atoms with Crippen LogP contribution in [0.4, 0.5) is 5.69 Å². The second-order valence-electron chi connectivity index (χ2n) is 4.39. The van der Waals surface area contributed by atoms with Crippen molar-refractivity contribution < 1.29 is 9.53 Å². The minimum Gasteiger partial charge on any atom is -0.462 e. The fourth-order valence-corrected chi connectivity index (χ4v) is 1.27. The summed E-state index contributed by atoms with van der Waals surface area (Å²) in [5, 5.41) is 0. The third kappa shape index (κ3) is 3.57. The van der Waals surface area contributed by atoms with Crippen LogP contribution in [0.5, 0.6) is 0 Å². The van der Waals surface area contributed by atoms with Crippen molar-refractivity contribution >= 4 is 11.7 Å². The van der Waals surface area contributed by atoms with E-state index in [1.807, 2.05) is 6.92 Å². The van der Waals surface area contributed by atoms with E-state index in [2.05, 4.69) is 13.8 Å². The van der Waals surface area contributed by atoms with Crippen molar-refractivity contribution in [2.75, 3.05) is 12.3 Å². The van der Waals surface area contributed by atoms with Crippen molar-refractivity contribution in [2.24, 2.45) is 5.92 Å². The van der Waals surface area contributed by atoms with Crippen molar-refractivity contribution in [2.45, 2.75) is 27.2 Å². The van der Waals surface area contributed by atoms with Crippen molar-refractivity contribution in [3.63, 3.8) is 0 Å². The lowest BCUT2D eigenvalue weighted by atomic mass is 10.1. The smallest absolute Gasteiger partial charge is 0.338 e. The molecule has 0 saturated heterocycles.